The third-order valence-corrected chi connectivity index (χ3v) is 20.3. The summed E-state index contributed by atoms with van der Waals surface area (Å²) >= 11 is 0. The lowest BCUT2D eigenvalue weighted by Crippen LogP contribution is -2.63. The summed E-state index contributed by atoms with van der Waals surface area (Å²) in [6, 6.07) is 123. The molecular weight excluding hydrogens is 1210 g/mol. The first kappa shape index (κ1) is 58.0. The van der Waals surface area contributed by atoms with Crippen LogP contribution in [0.15, 0.2) is 340 Å². The van der Waals surface area contributed by atoms with Crippen molar-refractivity contribution in [3.05, 3.63) is 357 Å². The molecule has 4 heterocycles. The van der Waals surface area contributed by atoms with Gasteiger partial charge in [0.15, 0.2) is 5.69 Å². The largest absolute Gasteiger partial charge is 0.458 e. The van der Waals surface area contributed by atoms with E-state index in [2.05, 4.69) is 348 Å². The predicted octanol–water partition coefficient (Wildman–Crippen LogP) is 20.3. The van der Waals surface area contributed by atoms with Gasteiger partial charge in [-0.25, -0.2) is 4.85 Å². The maximum atomic E-state index is 11.1. The van der Waals surface area contributed by atoms with Crippen molar-refractivity contribution in [1.82, 2.24) is 0 Å². The molecule has 4 aliphatic heterocycles. The Kier molecular flexibility index (Phi) is 13.8. The van der Waals surface area contributed by atoms with Gasteiger partial charge in [0.2, 0.25) is 0 Å². The normalized spacial score (nSPS) is 12.5. The van der Waals surface area contributed by atoms with E-state index in [0.717, 1.165) is 179 Å². The molecule has 4 aliphatic rings. The van der Waals surface area contributed by atoms with E-state index in [1.54, 1.807) is 0 Å². The number of fused-ring (bicyclic) bond motifs is 8. The molecule has 15 aromatic rings. The Bertz CT molecular complexity index is 5750. The molecule has 19 rings (SSSR count). The van der Waals surface area contributed by atoms with Gasteiger partial charge in [0.05, 0.1) is 29.6 Å². The Morgan fingerprint density at radius 1 is 0.280 bits per heavy atom. The molecule has 0 fully saturated rings. The van der Waals surface area contributed by atoms with E-state index in [9.17, 15) is 5.26 Å². The highest BCUT2D eigenvalue weighted by Crippen LogP contribution is 2.55. The van der Waals surface area contributed by atoms with Gasteiger partial charge in [0.1, 0.15) is 23.0 Å². The Labute approximate surface area is 581 Å². The van der Waals surface area contributed by atoms with Gasteiger partial charge in [-0.05, 0) is 171 Å². The van der Waals surface area contributed by atoms with Gasteiger partial charge in [-0.3, -0.25) is 0 Å². The standard InChI is InChI=1S/C92H56B2N4O2/c1-96-72-54-75(66-38-22-8-23-39-66)92(76(55-72)67-40-24-9-25-41-67)97-81-48-68(60-26-10-2-11-27-60)42-44-77(81)93-80-56-79-82(57-86(80)100-87-52-70(49-83(97)89(87)93)62-30-14-4-15-31-62)98(91-73(64-34-18-6-19-35-64)46-59(58-95)47-74(91)65-36-20-7-21-37-65)84-50-71(63-32-16-5-17-33-63)53-88-90(84)94(79)78-45-43-69(51-85(78)99-88)61-28-12-3-13-29-61/h2-57H. The zero-order valence-corrected chi connectivity index (χ0v) is 54.1. The lowest BCUT2D eigenvalue weighted by atomic mass is 9.31. The van der Waals surface area contributed by atoms with Crippen molar-refractivity contribution >= 4 is 86.0 Å². The minimum atomic E-state index is -0.368. The van der Waals surface area contributed by atoms with E-state index in [4.69, 9.17) is 16.0 Å². The summed E-state index contributed by atoms with van der Waals surface area (Å²) in [5.41, 5.74) is 29.1. The van der Waals surface area contributed by atoms with E-state index < -0.39 is 0 Å². The lowest BCUT2D eigenvalue weighted by molar-refractivity contribution is 0.487. The van der Waals surface area contributed by atoms with Gasteiger partial charge in [-0.15, -0.1) is 0 Å². The van der Waals surface area contributed by atoms with Gasteiger partial charge in [0, 0.05) is 39.9 Å². The lowest BCUT2D eigenvalue weighted by Gasteiger charge is -2.44. The molecule has 0 N–H and O–H groups in total. The molecule has 100 heavy (non-hydrogen) atoms. The number of hydrogen-bond donors (Lipinski definition) is 0. The van der Waals surface area contributed by atoms with E-state index in [-0.39, 0.29) is 13.4 Å². The van der Waals surface area contributed by atoms with Crippen LogP contribution in [0.4, 0.5) is 39.8 Å². The van der Waals surface area contributed by atoms with E-state index in [1.807, 2.05) is 12.1 Å². The predicted molar refractivity (Wildman–Crippen MR) is 413 cm³/mol. The molecule has 0 spiro atoms. The third kappa shape index (κ3) is 9.57. The molecule has 0 radical (unpaired) electrons. The molecule has 462 valence electrons. The number of nitrogens with zero attached hydrogens (tertiary/aromatic N) is 4. The van der Waals surface area contributed by atoms with Crippen LogP contribution in [-0.4, -0.2) is 13.4 Å². The topological polar surface area (TPSA) is 53.1 Å². The smallest absolute Gasteiger partial charge is 0.256 e. The number of benzene rings is 15. The number of anilines is 6. The van der Waals surface area contributed by atoms with Gasteiger partial charge < -0.3 is 19.3 Å². The summed E-state index contributed by atoms with van der Waals surface area (Å²) in [6.07, 6.45) is 0. The first-order valence-electron chi connectivity index (χ1n) is 33.8. The van der Waals surface area contributed by atoms with Crippen LogP contribution in [0.1, 0.15) is 5.56 Å². The van der Waals surface area contributed by atoms with Crippen LogP contribution in [0.2, 0.25) is 0 Å². The highest BCUT2D eigenvalue weighted by atomic mass is 16.5. The quantitative estimate of drug-likeness (QED) is 0.101. The van der Waals surface area contributed by atoms with E-state index in [1.165, 1.54) is 0 Å². The van der Waals surface area contributed by atoms with Gasteiger partial charge in [-0.2, -0.15) is 5.26 Å². The second kappa shape index (κ2) is 23.8. The molecular formula is C92H56B2N4O2. The summed E-state index contributed by atoms with van der Waals surface area (Å²) in [5.74, 6) is 3.02. The highest BCUT2D eigenvalue weighted by Gasteiger charge is 2.48. The molecule has 0 aromatic heterocycles. The second-order valence-corrected chi connectivity index (χ2v) is 26.0. The van der Waals surface area contributed by atoms with Crippen LogP contribution in [0, 0.1) is 17.9 Å². The monoisotopic (exact) mass is 1270 g/mol. The van der Waals surface area contributed by atoms with Gasteiger partial charge >= 0.3 is 0 Å². The van der Waals surface area contributed by atoms with Crippen molar-refractivity contribution in [2.45, 2.75) is 0 Å². The fourth-order valence-electron chi connectivity index (χ4n) is 15.9. The Morgan fingerprint density at radius 2 is 0.610 bits per heavy atom. The van der Waals surface area contributed by atoms with Crippen molar-refractivity contribution < 1.29 is 9.47 Å². The molecule has 0 saturated carbocycles. The fraction of sp³-hybridized carbons (Fsp3) is 0. The number of hydrogen-bond acceptors (Lipinski definition) is 5. The maximum Gasteiger partial charge on any atom is 0.256 e. The molecule has 6 nitrogen and oxygen atoms in total. The minimum Gasteiger partial charge on any atom is -0.458 e. The van der Waals surface area contributed by atoms with Crippen molar-refractivity contribution in [3.8, 4) is 118 Å². The van der Waals surface area contributed by atoms with Crippen molar-refractivity contribution in [2.75, 3.05) is 9.80 Å². The van der Waals surface area contributed by atoms with Crippen molar-refractivity contribution in [1.29, 1.82) is 5.26 Å². The zero-order valence-electron chi connectivity index (χ0n) is 54.1. The third-order valence-electron chi connectivity index (χ3n) is 20.3. The first-order valence-corrected chi connectivity index (χ1v) is 33.8. The Morgan fingerprint density at radius 3 is 1.02 bits per heavy atom. The zero-order chi connectivity index (χ0) is 66.4. The van der Waals surface area contributed by atoms with Crippen molar-refractivity contribution in [3.63, 3.8) is 0 Å². The number of rotatable bonds is 10. The maximum absolute atomic E-state index is 11.1. The average Bonchev–Trinajstić information content (AvgIpc) is 0.693. The molecule has 8 heteroatoms. The first-order chi connectivity index (χ1) is 49.5. The molecule has 0 aliphatic carbocycles. The Balaban J connectivity index is 0.944. The van der Waals surface area contributed by atoms with Crippen LogP contribution in [0.3, 0.4) is 0 Å². The summed E-state index contributed by atoms with van der Waals surface area (Å²) in [6.45, 7) is 7.93. The van der Waals surface area contributed by atoms with Crippen molar-refractivity contribution in [2.24, 2.45) is 0 Å². The molecule has 0 bridgehead atoms. The molecule has 0 unspecified atom stereocenters. The Hall–Kier alpha value is -13.4. The summed E-state index contributed by atoms with van der Waals surface area (Å²) in [7, 11) is 0. The molecule has 15 aromatic carbocycles. The summed E-state index contributed by atoms with van der Waals surface area (Å²) in [5, 5.41) is 11.1. The van der Waals surface area contributed by atoms with Crippen LogP contribution < -0.4 is 52.1 Å². The molecule has 0 amide bonds. The molecule has 0 saturated heterocycles. The second-order valence-electron chi connectivity index (χ2n) is 26.0. The highest BCUT2D eigenvalue weighted by molar-refractivity contribution is 7.02. The van der Waals surface area contributed by atoms with Crippen LogP contribution in [-0.2, 0) is 0 Å². The summed E-state index contributed by atoms with van der Waals surface area (Å²) in [4.78, 5) is 9.14. The van der Waals surface area contributed by atoms with Gasteiger partial charge in [-0.1, -0.05) is 273 Å². The molecule has 0 atom stereocenters. The average molecular weight is 1270 g/mol. The van der Waals surface area contributed by atoms with Crippen LogP contribution in [0.5, 0.6) is 23.0 Å². The van der Waals surface area contributed by atoms with Crippen LogP contribution >= 0.6 is 0 Å². The minimum absolute atomic E-state index is 0.345. The fourth-order valence-corrected chi connectivity index (χ4v) is 15.9. The van der Waals surface area contributed by atoms with Crippen LogP contribution in [0.25, 0.3) is 93.9 Å². The van der Waals surface area contributed by atoms with E-state index in [0.29, 0.717) is 11.3 Å². The summed E-state index contributed by atoms with van der Waals surface area (Å²) < 4.78 is 15.4. The number of ether oxygens (including phenoxy) is 2. The van der Waals surface area contributed by atoms with E-state index >= 15 is 0 Å². The SMILES string of the molecule is [C-]#[N+]c1cc(-c2ccccc2)c(N2c3cc(-c4ccccc4)ccc3B3c4cc5c(cc4Oc4cc(-c6ccccc6)cc2c43)N(c2c(-c3ccccc3)cc(C#N)cc2-c2ccccc2)c2cc(-c3ccccc3)cc3c2B5c2ccc(-c4ccccc4)cc2O3)c(-c2ccccc2)c1. The number of nitriles is 1. The van der Waals surface area contributed by atoms with Gasteiger partial charge in [0.25, 0.3) is 13.4 Å².